The maximum atomic E-state index is 11.9. The van der Waals surface area contributed by atoms with Crippen LogP contribution >= 0.6 is 0 Å². The SMILES string of the molecule is CNC(=O)c1ccc(/C=C/C(=O)Oc2ccc(C)cc2OC)cc1. The summed E-state index contributed by atoms with van der Waals surface area (Å²) in [5.41, 5.74) is 2.36. The minimum atomic E-state index is -0.507. The molecule has 0 aliphatic heterocycles. The summed E-state index contributed by atoms with van der Waals surface area (Å²) in [6.07, 6.45) is 2.95. The second kappa shape index (κ2) is 7.97. The van der Waals surface area contributed by atoms with Crippen LogP contribution < -0.4 is 14.8 Å². The van der Waals surface area contributed by atoms with Gasteiger partial charge in [0.15, 0.2) is 11.5 Å². The normalized spacial score (nSPS) is 10.5. The van der Waals surface area contributed by atoms with E-state index in [-0.39, 0.29) is 5.91 Å². The summed E-state index contributed by atoms with van der Waals surface area (Å²) < 4.78 is 10.5. The first kappa shape index (κ1) is 17.3. The molecule has 0 bridgehead atoms. The highest BCUT2D eigenvalue weighted by molar-refractivity contribution is 5.94. The molecule has 0 heterocycles. The van der Waals surface area contributed by atoms with Crippen molar-refractivity contribution in [1.29, 1.82) is 0 Å². The van der Waals surface area contributed by atoms with Gasteiger partial charge in [-0.1, -0.05) is 18.2 Å². The largest absolute Gasteiger partial charge is 0.493 e. The van der Waals surface area contributed by atoms with Gasteiger partial charge in [0.2, 0.25) is 0 Å². The van der Waals surface area contributed by atoms with Crippen molar-refractivity contribution in [3.8, 4) is 11.5 Å². The predicted molar refractivity (Wildman–Crippen MR) is 92.2 cm³/mol. The van der Waals surface area contributed by atoms with Crippen LogP contribution in [0.2, 0.25) is 0 Å². The number of nitrogens with one attached hydrogen (secondary N) is 1. The predicted octanol–water partition coefficient (Wildman–Crippen LogP) is 2.98. The van der Waals surface area contributed by atoms with Gasteiger partial charge in [0.05, 0.1) is 7.11 Å². The third kappa shape index (κ3) is 4.46. The molecule has 0 saturated carbocycles. The Balaban J connectivity index is 2.04. The van der Waals surface area contributed by atoms with Gasteiger partial charge in [-0.2, -0.15) is 0 Å². The molecule has 0 aliphatic rings. The van der Waals surface area contributed by atoms with Crippen molar-refractivity contribution in [2.75, 3.05) is 14.2 Å². The zero-order valence-corrected chi connectivity index (χ0v) is 13.8. The lowest BCUT2D eigenvalue weighted by atomic mass is 10.1. The lowest BCUT2D eigenvalue weighted by Gasteiger charge is -2.08. The van der Waals surface area contributed by atoms with Crippen molar-refractivity contribution in [2.24, 2.45) is 0 Å². The van der Waals surface area contributed by atoms with Gasteiger partial charge in [-0.05, 0) is 48.4 Å². The van der Waals surface area contributed by atoms with Crippen LogP contribution in [0.3, 0.4) is 0 Å². The summed E-state index contributed by atoms with van der Waals surface area (Å²) in [4.78, 5) is 23.4. The van der Waals surface area contributed by atoms with Crippen LogP contribution in [0.1, 0.15) is 21.5 Å². The summed E-state index contributed by atoms with van der Waals surface area (Å²) in [6, 6.07) is 12.2. The molecule has 24 heavy (non-hydrogen) atoms. The van der Waals surface area contributed by atoms with Crippen LogP contribution in [-0.2, 0) is 4.79 Å². The van der Waals surface area contributed by atoms with Gasteiger partial charge in [0.1, 0.15) is 0 Å². The number of ether oxygens (including phenoxy) is 2. The summed E-state index contributed by atoms with van der Waals surface area (Å²) in [6.45, 7) is 1.93. The van der Waals surface area contributed by atoms with E-state index >= 15 is 0 Å². The first-order chi connectivity index (χ1) is 11.5. The minimum absolute atomic E-state index is 0.156. The highest BCUT2D eigenvalue weighted by Crippen LogP contribution is 2.27. The summed E-state index contributed by atoms with van der Waals surface area (Å²) in [5, 5.41) is 2.55. The second-order valence-electron chi connectivity index (χ2n) is 5.11. The minimum Gasteiger partial charge on any atom is -0.493 e. The fourth-order valence-corrected chi connectivity index (χ4v) is 2.06. The highest BCUT2D eigenvalue weighted by atomic mass is 16.6. The van der Waals surface area contributed by atoms with Gasteiger partial charge < -0.3 is 14.8 Å². The van der Waals surface area contributed by atoms with E-state index in [1.165, 1.54) is 13.2 Å². The van der Waals surface area contributed by atoms with Crippen LogP contribution in [0, 0.1) is 6.92 Å². The molecule has 1 N–H and O–H groups in total. The third-order valence-electron chi connectivity index (χ3n) is 3.34. The van der Waals surface area contributed by atoms with Crippen LogP contribution in [0.5, 0.6) is 11.5 Å². The molecule has 2 aromatic carbocycles. The van der Waals surface area contributed by atoms with E-state index in [9.17, 15) is 9.59 Å². The number of rotatable bonds is 5. The molecule has 0 atom stereocenters. The average Bonchev–Trinajstić information content (AvgIpc) is 2.61. The Morgan fingerprint density at radius 3 is 2.38 bits per heavy atom. The number of aryl methyl sites for hydroxylation is 1. The fourth-order valence-electron chi connectivity index (χ4n) is 2.06. The van der Waals surface area contributed by atoms with E-state index in [1.54, 1.807) is 49.5 Å². The van der Waals surface area contributed by atoms with E-state index in [0.29, 0.717) is 17.1 Å². The molecule has 0 fully saturated rings. The Bertz CT molecular complexity index is 763. The van der Waals surface area contributed by atoms with Gasteiger partial charge in [-0.15, -0.1) is 0 Å². The van der Waals surface area contributed by atoms with E-state index < -0.39 is 5.97 Å². The fraction of sp³-hybridized carbons (Fsp3) is 0.158. The van der Waals surface area contributed by atoms with Gasteiger partial charge in [-0.25, -0.2) is 4.79 Å². The first-order valence-electron chi connectivity index (χ1n) is 7.40. The number of hydrogen-bond acceptors (Lipinski definition) is 4. The summed E-state index contributed by atoms with van der Waals surface area (Å²) >= 11 is 0. The summed E-state index contributed by atoms with van der Waals surface area (Å²) in [7, 11) is 3.10. The van der Waals surface area contributed by atoms with E-state index in [4.69, 9.17) is 9.47 Å². The van der Waals surface area contributed by atoms with Gasteiger partial charge in [-0.3, -0.25) is 4.79 Å². The van der Waals surface area contributed by atoms with E-state index in [0.717, 1.165) is 11.1 Å². The van der Waals surface area contributed by atoms with Crippen LogP contribution in [0.15, 0.2) is 48.5 Å². The molecule has 124 valence electrons. The van der Waals surface area contributed by atoms with Crippen molar-refractivity contribution >= 4 is 18.0 Å². The Kier molecular flexibility index (Phi) is 5.73. The Morgan fingerprint density at radius 2 is 1.75 bits per heavy atom. The third-order valence-corrected chi connectivity index (χ3v) is 3.34. The number of amides is 1. The van der Waals surface area contributed by atoms with E-state index in [1.807, 2.05) is 13.0 Å². The molecule has 2 aromatic rings. The zero-order valence-electron chi connectivity index (χ0n) is 13.8. The Morgan fingerprint density at radius 1 is 1.04 bits per heavy atom. The van der Waals surface area contributed by atoms with Crippen LogP contribution in [0.4, 0.5) is 0 Å². The Labute approximate surface area is 140 Å². The average molecular weight is 325 g/mol. The molecule has 0 aliphatic carbocycles. The number of methoxy groups -OCH3 is 1. The molecule has 0 radical (unpaired) electrons. The summed E-state index contributed by atoms with van der Waals surface area (Å²) in [5.74, 6) is 0.211. The Hall–Kier alpha value is -3.08. The van der Waals surface area contributed by atoms with Crippen molar-refractivity contribution in [3.63, 3.8) is 0 Å². The molecular formula is C19H19NO4. The molecule has 5 nitrogen and oxygen atoms in total. The molecule has 1 amide bonds. The lowest BCUT2D eigenvalue weighted by molar-refractivity contribution is -0.129. The molecule has 0 saturated heterocycles. The van der Waals surface area contributed by atoms with Gasteiger partial charge in [0.25, 0.3) is 5.91 Å². The molecule has 5 heteroatoms. The topological polar surface area (TPSA) is 64.6 Å². The van der Waals surface area contributed by atoms with Crippen molar-refractivity contribution in [3.05, 3.63) is 65.2 Å². The molecule has 2 rings (SSSR count). The maximum absolute atomic E-state index is 11.9. The number of carbonyl (C=O) groups excluding carboxylic acids is 2. The van der Waals surface area contributed by atoms with E-state index in [2.05, 4.69) is 5.32 Å². The second-order valence-corrected chi connectivity index (χ2v) is 5.11. The van der Waals surface area contributed by atoms with Crippen LogP contribution in [-0.4, -0.2) is 26.0 Å². The van der Waals surface area contributed by atoms with Crippen molar-refractivity contribution in [1.82, 2.24) is 5.32 Å². The van der Waals surface area contributed by atoms with Crippen molar-refractivity contribution < 1.29 is 19.1 Å². The van der Waals surface area contributed by atoms with Gasteiger partial charge in [0, 0.05) is 18.7 Å². The zero-order chi connectivity index (χ0) is 17.5. The molecule has 0 spiro atoms. The van der Waals surface area contributed by atoms with Crippen molar-refractivity contribution in [2.45, 2.75) is 6.92 Å². The number of hydrogen-bond donors (Lipinski definition) is 1. The quantitative estimate of drug-likeness (QED) is 0.521. The first-order valence-corrected chi connectivity index (χ1v) is 7.40. The molecular weight excluding hydrogens is 306 g/mol. The smallest absolute Gasteiger partial charge is 0.336 e. The standard InChI is InChI=1S/C19H19NO4/c1-13-4-10-16(17(12-13)23-3)24-18(21)11-7-14-5-8-15(9-6-14)19(22)20-2/h4-12H,1-3H3,(H,20,22)/b11-7+. The lowest BCUT2D eigenvalue weighted by Crippen LogP contribution is -2.17. The molecule has 0 aromatic heterocycles. The maximum Gasteiger partial charge on any atom is 0.336 e. The molecule has 0 unspecified atom stereocenters. The number of esters is 1. The number of carbonyl (C=O) groups is 2. The monoisotopic (exact) mass is 325 g/mol. The number of benzene rings is 2. The highest BCUT2D eigenvalue weighted by Gasteiger charge is 2.08. The van der Waals surface area contributed by atoms with Crippen LogP contribution in [0.25, 0.3) is 6.08 Å². The van der Waals surface area contributed by atoms with Gasteiger partial charge >= 0.3 is 5.97 Å².